The number of nitrogens with two attached hydrogens (primary N) is 2. The van der Waals surface area contributed by atoms with Crippen molar-refractivity contribution in [1.82, 2.24) is 0 Å². The van der Waals surface area contributed by atoms with Gasteiger partial charge in [0, 0.05) is 6.26 Å². The molecule has 0 aliphatic rings. The fourth-order valence-electron chi connectivity index (χ4n) is 0.818. The van der Waals surface area contributed by atoms with E-state index in [4.69, 9.17) is 11.5 Å². The third kappa shape index (κ3) is 4.25. The quantitative estimate of drug-likeness (QED) is 0.674. The van der Waals surface area contributed by atoms with E-state index in [1.165, 1.54) is 6.07 Å². The van der Waals surface area contributed by atoms with Gasteiger partial charge in [0.05, 0.1) is 10.6 Å². The lowest BCUT2D eigenvalue weighted by atomic mass is 10.3. The highest BCUT2D eigenvalue weighted by Gasteiger charge is 2.08. The van der Waals surface area contributed by atoms with Gasteiger partial charge in [-0.1, -0.05) is 19.1 Å². The van der Waals surface area contributed by atoms with Crippen LogP contribution < -0.4 is 11.5 Å². The summed E-state index contributed by atoms with van der Waals surface area (Å²) in [5.74, 6) is 0. The van der Waals surface area contributed by atoms with E-state index in [9.17, 15) is 8.42 Å². The lowest BCUT2D eigenvalue weighted by Crippen LogP contribution is -2.01. The number of anilines is 1. The SMILES string of the molecule is CCN.CS(=O)(=O)c1ccccc1N. The number of para-hydroxylation sites is 1. The van der Waals surface area contributed by atoms with Crippen molar-refractivity contribution in [3.05, 3.63) is 24.3 Å². The molecule has 14 heavy (non-hydrogen) atoms. The zero-order valence-electron chi connectivity index (χ0n) is 8.40. The van der Waals surface area contributed by atoms with E-state index in [0.29, 0.717) is 5.69 Å². The molecule has 1 rings (SSSR count). The molecule has 0 saturated carbocycles. The van der Waals surface area contributed by atoms with Gasteiger partial charge in [-0.05, 0) is 18.7 Å². The largest absolute Gasteiger partial charge is 0.398 e. The molecule has 0 aliphatic carbocycles. The van der Waals surface area contributed by atoms with Crippen molar-refractivity contribution in [3.8, 4) is 0 Å². The minimum atomic E-state index is -3.16. The zero-order valence-corrected chi connectivity index (χ0v) is 9.21. The average Bonchev–Trinajstić information content (AvgIpc) is 2.04. The van der Waals surface area contributed by atoms with E-state index in [1.54, 1.807) is 18.2 Å². The number of hydrogen-bond donors (Lipinski definition) is 2. The molecule has 0 amide bonds. The molecule has 0 fully saturated rings. The molecule has 0 bridgehead atoms. The van der Waals surface area contributed by atoms with E-state index in [2.05, 4.69) is 0 Å². The van der Waals surface area contributed by atoms with Gasteiger partial charge in [-0.25, -0.2) is 8.42 Å². The summed E-state index contributed by atoms with van der Waals surface area (Å²) in [4.78, 5) is 0.194. The topological polar surface area (TPSA) is 86.2 Å². The van der Waals surface area contributed by atoms with Gasteiger partial charge in [0.2, 0.25) is 0 Å². The molecule has 4 nitrogen and oxygen atoms in total. The van der Waals surface area contributed by atoms with Gasteiger partial charge in [-0.15, -0.1) is 0 Å². The van der Waals surface area contributed by atoms with Gasteiger partial charge in [-0.2, -0.15) is 0 Å². The van der Waals surface area contributed by atoms with Crippen molar-refractivity contribution in [2.75, 3.05) is 18.5 Å². The molecule has 0 aromatic heterocycles. The third-order valence-electron chi connectivity index (χ3n) is 1.32. The highest BCUT2D eigenvalue weighted by atomic mass is 32.2. The first-order valence-electron chi connectivity index (χ1n) is 4.18. The van der Waals surface area contributed by atoms with Crippen molar-refractivity contribution in [2.45, 2.75) is 11.8 Å². The van der Waals surface area contributed by atoms with Gasteiger partial charge >= 0.3 is 0 Å². The Labute approximate surface area is 84.8 Å². The maximum Gasteiger partial charge on any atom is 0.177 e. The lowest BCUT2D eigenvalue weighted by Gasteiger charge is -2.00. The number of rotatable bonds is 1. The summed E-state index contributed by atoms with van der Waals surface area (Å²) in [6.45, 7) is 2.65. The average molecular weight is 216 g/mol. The van der Waals surface area contributed by atoms with Crippen LogP contribution in [-0.2, 0) is 9.84 Å². The fraction of sp³-hybridized carbons (Fsp3) is 0.333. The van der Waals surface area contributed by atoms with E-state index in [1.807, 2.05) is 6.92 Å². The number of sulfone groups is 1. The van der Waals surface area contributed by atoms with Crippen LogP contribution in [0.2, 0.25) is 0 Å². The van der Waals surface area contributed by atoms with Crippen molar-refractivity contribution in [3.63, 3.8) is 0 Å². The Morgan fingerprint density at radius 2 is 1.71 bits per heavy atom. The summed E-state index contributed by atoms with van der Waals surface area (Å²) >= 11 is 0. The van der Waals surface area contributed by atoms with Gasteiger partial charge in [0.15, 0.2) is 9.84 Å². The standard InChI is InChI=1S/C7H9NO2S.C2H7N/c1-11(9,10)7-5-3-2-4-6(7)8;1-2-3/h2-5H,8H2,1H3;2-3H2,1H3. The molecule has 5 heteroatoms. The first-order valence-corrected chi connectivity index (χ1v) is 6.07. The summed E-state index contributed by atoms with van der Waals surface area (Å²) < 4.78 is 21.9. The molecule has 0 aliphatic heterocycles. The molecule has 0 unspecified atom stereocenters. The number of nitrogen functional groups attached to an aromatic ring is 1. The highest BCUT2D eigenvalue weighted by molar-refractivity contribution is 7.90. The van der Waals surface area contributed by atoms with Crippen molar-refractivity contribution in [2.24, 2.45) is 5.73 Å². The Morgan fingerprint density at radius 3 is 2.00 bits per heavy atom. The molecule has 0 heterocycles. The smallest absolute Gasteiger partial charge is 0.177 e. The highest BCUT2D eigenvalue weighted by Crippen LogP contribution is 2.15. The van der Waals surface area contributed by atoms with Crippen LogP contribution in [0.25, 0.3) is 0 Å². The molecular weight excluding hydrogens is 200 g/mol. The molecule has 0 radical (unpaired) electrons. The van der Waals surface area contributed by atoms with E-state index in [-0.39, 0.29) is 4.90 Å². The van der Waals surface area contributed by atoms with Crippen LogP contribution >= 0.6 is 0 Å². The number of benzene rings is 1. The molecule has 1 aromatic rings. The Hall–Kier alpha value is -1.07. The summed E-state index contributed by atoms with van der Waals surface area (Å²) in [7, 11) is -3.16. The Kier molecular flexibility index (Phi) is 5.19. The Morgan fingerprint density at radius 1 is 1.29 bits per heavy atom. The predicted octanol–water partition coefficient (Wildman–Crippen LogP) is 0.637. The molecule has 80 valence electrons. The van der Waals surface area contributed by atoms with Crippen molar-refractivity contribution in [1.29, 1.82) is 0 Å². The molecule has 1 aromatic carbocycles. The van der Waals surface area contributed by atoms with Crippen LogP contribution in [0.5, 0.6) is 0 Å². The fourth-order valence-corrected chi connectivity index (χ4v) is 1.64. The van der Waals surface area contributed by atoms with Gasteiger partial charge in [0.25, 0.3) is 0 Å². The molecule has 4 N–H and O–H groups in total. The Balaban J connectivity index is 0.000000500. The maximum atomic E-state index is 11.0. The molecule has 0 saturated heterocycles. The second kappa shape index (κ2) is 5.62. The monoisotopic (exact) mass is 216 g/mol. The summed E-state index contributed by atoms with van der Waals surface area (Å²) in [6.07, 6.45) is 1.14. The second-order valence-corrected chi connectivity index (χ2v) is 4.70. The maximum absolute atomic E-state index is 11.0. The minimum Gasteiger partial charge on any atom is -0.398 e. The van der Waals surface area contributed by atoms with E-state index in [0.717, 1.165) is 12.8 Å². The third-order valence-corrected chi connectivity index (χ3v) is 2.49. The normalized spacial score (nSPS) is 10.2. The van der Waals surface area contributed by atoms with Crippen molar-refractivity contribution >= 4 is 15.5 Å². The Bertz CT molecular complexity index is 374. The van der Waals surface area contributed by atoms with Crippen LogP contribution in [-0.4, -0.2) is 21.2 Å². The first-order chi connectivity index (χ1) is 6.43. The summed E-state index contributed by atoms with van der Waals surface area (Å²) in [5.41, 5.74) is 10.6. The van der Waals surface area contributed by atoms with Crippen LogP contribution in [0.15, 0.2) is 29.2 Å². The van der Waals surface area contributed by atoms with Crippen LogP contribution in [0.1, 0.15) is 6.92 Å². The minimum absolute atomic E-state index is 0.194. The van der Waals surface area contributed by atoms with E-state index >= 15 is 0 Å². The summed E-state index contributed by atoms with van der Waals surface area (Å²) in [6, 6.07) is 6.40. The van der Waals surface area contributed by atoms with Crippen LogP contribution in [0.3, 0.4) is 0 Å². The second-order valence-electron chi connectivity index (χ2n) is 2.72. The summed E-state index contributed by atoms with van der Waals surface area (Å²) in [5, 5.41) is 0. The first kappa shape index (κ1) is 12.9. The lowest BCUT2D eigenvalue weighted by molar-refractivity contribution is 0.602. The van der Waals surface area contributed by atoms with E-state index < -0.39 is 9.84 Å². The van der Waals surface area contributed by atoms with Gasteiger partial charge in [-0.3, -0.25) is 0 Å². The van der Waals surface area contributed by atoms with Crippen molar-refractivity contribution < 1.29 is 8.42 Å². The molecule has 0 atom stereocenters. The van der Waals surface area contributed by atoms with Gasteiger partial charge in [0.1, 0.15) is 0 Å². The van der Waals surface area contributed by atoms with Crippen LogP contribution in [0, 0.1) is 0 Å². The molecular formula is C9H16N2O2S. The van der Waals surface area contributed by atoms with Crippen LogP contribution in [0.4, 0.5) is 5.69 Å². The molecule has 0 spiro atoms. The number of hydrogen-bond acceptors (Lipinski definition) is 4. The predicted molar refractivity (Wildman–Crippen MR) is 58.7 cm³/mol. The van der Waals surface area contributed by atoms with Gasteiger partial charge < -0.3 is 11.5 Å². The zero-order chi connectivity index (χ0) is 11.2.